The first kappa shape index (κ1) is 14.5. The van der Waals surface area contributed by atoms with Crippen LogP contribution in [0.1, 0.15) is 5.56 Å². The summed E-state index contributed by atoms with van der Waals surface area (Å²) in [7, 11) is -3.73. The molecule has 2 rings (SSSR count). The molecule has 20 heavy (non-hydrogen) atoms. The Morgan fingerprint density at radius 2 is 2.25 bits per heavy atom. The molecule has 0 aliphatic carbocycles. The SMILES string of the molecule is NCC#Cc1cncc(S(=O)(=O)N2CCNC(=O)C2)c1. The zero-order chi connectivity index (χ0) is 14.6. The number of sulfonamides is 1. The monoisotopic (exact) mass is 294 g/mol. The van der Waals surface area contributed by atoms with Crippen molar-refractivity contribution in [3.63, 3.8) is 0 Å². The second-order valence-electron chi connectivity index (χ2n) is 4.10. The van der Waals surface area contributed by atoms with Gasteiger partial charge in [0.2, 0.25) is 15.9 Å². The van der Waals surface area contributed by atoms with Gasteiger partial charge in [-0.3, -0.25) is 9.78 Å². The van der Waals surface area contributed by atoms with Crippen molar-refractivity contribution in [1.29, 1.82) is 0 Å². The van der Waals surface area contributed by atoms with E-state index in [1.807, 2.05) is 0 Å². The van der Waals surface area contributed by atoms with Crippen molar-refractivity contribution < 1.29 is 13.2 Å². The van der Waals surface area contributed by atoms with Crippen molar-refractivity contribution in [3.05, 3.63) is 24.0 Å². The van der Waals surface area contributed by atoms with Crippen molar-refractivity contribution >= 4 is 15.9 Å². The van der Waals surface area contributed by atoms with Crippen molar-refractivity contribution in [2.75, 3.05) is 26.2 Å². The highest BCUT2D eigenvalue weighted by atomic mass is 32.2. The van der Waals surface area contributed by atoms with Crippen molar-refractivity contribution in [2.45, 2.75) is 4.90 Å². The summed E-state index contributed by atoms with van der Waals surface area (Å²) in [4.78, 5) is 15.2. The number of aromatic nitrogens is 1. The van der Waals surface area contributed by atoms with Crippen LogP contribution in [0.15, 0.2) is 23.4 Å². The summed E-state index contributed by atoms with van der Waals surface area (Å²) < 4.78 is 25.9. The van der Waals surface area contributed by atoms with E-state index in [1.165, 1.54) is 18.5 Å². The van der Waals surface area contributed by atoms with Gasteiger partial charge in [-0.25, -0.2) is 8.42 Å². The largest absolute Gasteiger partial charge is 0.354 e. The Morgan fingerprint density at radius 3 is 2.95 bits per heavy atom. The van der Waals surface area contributed by atoms with Crippen LogP contribution in [0.3, 0.4) is 0 Å². The van der Waals surface area contributed by atoms with Crippen LogP contribution in [-0.2, 0) is 14.8 Å². The smallest absolute Gasteiger partial charge is 0.245 e. The fourth-order valence-electron chi connectivity index (χ4n) is 1.75. The van der Waals surface area contributed by atoms with Crippen molar-refractivity contribution in [2.24, 2.45) is 5.73 Å². The third kappa shape index (κ3) is 3.14. The first-order valence-corrected chi connectivity index (χ1v) is 7.39. The van der Waals surface area contributed by atoms with Gasteiger partial charge in [-0.15, -0.1) is 0 Å². The second kappa shape index (κ2) is 6.00. The lowest BCUT2D eigenvalue weighted by Crippen LogP contribution is -2.49. The molecule has 1 fully saturated rings. The zero-order valence-electron chi connectivity index (χ0n) is 10.7. The van der Waals surface area contributed by atoms with Gasteiger partial charge >= 0.3 is 0 Å². The third-order valence-corrected chi connectivity index (χ3v) is 4.50. The van der Waals surface area contributed by atoms with E-state index in [9.17, 15) is 13.2 Å². The molecule has 1 aliphatic heterocycles. The number of rotatable bonds is 2. The lowest BCUT2D eigenvalue weighted by molar-refractivity contribution is -0.122. The summed E-state index contributed by atoms with van der Waals surface area (Å²) in [5, 5.41) is 2.58. The van der Waals surface area contributed by atoms with E-state index in [2.05, 4.69) is 22.1 Å². The molecule has 1 amide bonds. The quantitative estimate of drug-likeness (QED) is 0.647. The van der Waals surface area contributed by atoms with Gasteiger partial charge in [0.05, 0.1) is 13.1 Å². The van der Waals surface area contributed by atoms with E-state index in [-0.39, 0.29) is 30.4 Å². The van der Waals surface area contributed by atoms with Gasteiger partial charge in [-0.1, -0.05) is 11.8 Å². The number of hydrogen-bond donors (Lipinski definition) is 2. The van der Waals surface area contributed by atoms with Crippen LogP contribution in [0.2, 0.25) is 0 Å². The summed E-state index contributed by atoms with van der Waals surface area (Å²) in [6.07, 6.45) is 2.71. The number of nitrogens with one attached hydrogen (secondary N) is 1. The molecule has 0 saturated carbocycles. The predicted molar refractivity (Wildman–Crippen MR) is 71.9 cm³/mol. The minimum Gasteiger partial charge on any atom is -0.354 e. The number of nitrogens with two attached hydrogens (primary N) is 1. The average Bonchev–Trinajstić information content (AvgIpc) is 2.45. The number of piperazine rings is 1. The van der Waals surface area contributed by atoms with Crippen LogP contribution in [0.5, 0.6) is 0 Å². The number of pyridine rings is 1. The highest BCUT2D eigenvalue weighted by Gasteiger charge is 2.29. The first-order valence-electron chi connectivity index (χ1n) is 5.95. The maximum absolute atomic E-state index is 12.4. The molecule has 0 bridgehead atoms. The van der Waals surface area contributed by atoms with Gasteiger partial charge in [-0.2, -0.15) is 4.31 Å². The van der Waals surface area contributed by atoms with Crippen LogP contribution in [0, 0.1) is 11.8 Å². The van der Waals surface area contributed by atoms with Crippen molar-refractivity contribution in [1.82, 2.24) is 14.6 Å². The van der Waals surface area contributed by atoms with Gasteiger partial charge < -0.3 is 11.1 Å². The second-order valence-corrected chi connectivity index (χ2v) is 6.04. The number of nitrogens with zero attached hydrogens (tertiary/aromatic N) is 2. The molecule has 0 radical (unpaired) electrons. The van der Waals surface area contributed by atoms with Crippen LogP contribution < -0.4 is 11.1 Å². The molecular weight excluding hydrogens is 280 g/mol. The van der Waals surface area contributed by atoms with Crippen LogP contribution in [-0.4, -0.2) is 49.8 Å². The van der Waals surface area contributed by atoms with E-state index < -0.39 is 10.0 Å². The molecule has 0 unspecified atom stereocenters. The molecule has 0 aromatic carbocycles. The highest BCUT2D eigenvalue weighted by molar-refractivity contribution is 7.89. The minimum absolute atomic E-state index is 0.0241. The molecule has 1 aliphatic rings. The first-order chi connectivity index (χ1) is 9.54. The van der Waals surface area contributed by atoms with E-state index in [4.69, 9.17) is 5.73 Å². The van der Waals surface area contributed by atoms with E-state index in [0.717, 1.165) is 4.31 Å². The number of hydrogen-bond acceptors (Lipinski definition) is 5. The Balaban J connectivity index is 2.31. The van der Waals surface area contributed by atoms with Gasteiger partial charge in [-0.05, 0) is 6.07 Å². The Kier molecular flexibility index (Phi) is 4.34. The molecule has 1 aromatic heterocycles. The fourth-order valence-corrected chi connectivity index (χ4v) is 3.14. The van der Waals surface area contributed by atoms with Crippen LogP contribution >= 0.6 is 0 Å². The lowest BCUT2D eigenvalue weighted by atomic mass is 10.3. The molecule has 0 spiro atoms. The van der Waals surface area contributed by atoms with Gasteiger partial charge in [0.15, 0.2) is 0 Å². The summed E-state index contributed by atoms with van der Waals surface area (Å²) >= 11 is 0. The van der Waals surface area contributed by atoms with E-state index in [1.54, 1.807) is 0 Å². The average molecular weight is 294 g/mol. The summed E-state index contributed by atoms with van der Waals surface area (Å²) in [5.74, 6) is 5.05. The number of amides is 1. The zero-order valence-corrected chi connectivity index (χ0v) is 11.5. The molecule has 7 nitrogen and oxygen atoms in total. The molecule has 8 heteroatoms. The Hall–Kier alpha value is -1.95. The Morgan fingerprint density at radius 1 is 1.45 bits per heavy atom. The van der Waals surface area contributed by atoms with Gasteiger partial charge in [0.1, 0.15) is 4.90 Å². The highest BCUT2D eigenvalue weighted by Crippen LogP contribution is 2.16. The number of carbonyl (C=O) groups is 1. The predicted octanol–water partition coefficient (Wildman–Crippen LogP) is -1.49. The number of carbonyl (C=O) groups excluding carboxylic acids is 1. The van der Waals surface area contributed by atoms with Crippen LogP contribution in [0.25, 0.3) is 0 Å². The topological polar surface area (TPSA) is 105 Å². The molecular formula is C12H14N4O3S. The molecule has 1 aromatic rings. The minimum atomic E-state index is -3.73. The lowest BCUT2D eigenvalue weighted by Gasteiger charge is -2.25. The summed E-state index contributed by atoms with van der Waals surface area (Å²) in [5.41, 5.74) is 5.74. The van der Waals surface area contributed by atoms with Gasteiger partial charge in [0, 0.05) is 31.0 Å². The Labute approximate surface area is 117 Å². The van der Waals surface area contributed by atoms with Crippen LogP contribution in [0.4, 0.5) is 0 Å². The maximum Gasteiger partial charge on any atom is 0.245 e. The molecule has 2 heterocycles. The standard InChI is InChI=1S/C12H14N4O3S/c13-3-1-2-10-6-11(8-14-7-10)20(18,19)16-5-4-15-12(17)9-16/h6-8H,3-5,9,13H2,(H,15,17). The van der Waals surface area contributed by atoms with Gasteiger partial charge in [0.25, 0.3) is 0 Å². The Bertz CT molecular complexity index is 675. The summed E-state index contributed by atoms with van der Waals surface area (Å²) in [6, 6.07) is 1.43. The summed E-state index contributed by atoms with van der Waals surface area (Å²) in [6.45, 7) is 0.551. The van der Waals surface area contributed by atoms with E-state index >= 15 is 0 Å². The fraction of sp³-hybridized carbons (Fsp3) is 0.333. The van der Waals surface area contributed by atoms with Crippen molar-refractivity contribution in [3.8, 4) is 11.8 Å². The molecule has 3 N–H and O–H groups in total. The molecule has 1 saturated heterocycles. The molecule has 0 atom stereocenters. The maximum atomic E-state index is 12.4. The normalized spacial score (nSPS) is 16.1. The molecule has 106 valence electrons. The third-order valence-electron chi connectivity index (χ3n) is 2.69. The van der Waals surface area contributed by atoms with E-state index in [0.29, 0.717) is 12.1 Å².